The zero-order chi connectivity index (χ0) is 24.5. The van der Waals surface area contributed by atoms with Gasteiger partial charge in [0.25, 0.3) is 0 Å². The Bertz CT molecular complexity index is 1400. The number of aromatic nitrogens is 1. The Morgan fingerprint density at radius 3 is 2.36 bits per heavy atom. The first kappa shape index (κ1) is 22.4. The molecule has 180 valence electrons. The molecule has 2 amide bonds. The van der Waals surface area contributed by atoms with Gasteiger partial charge in [-0.2, -0.15) is 0 Å². The lowest BCUT2D eigenvalue weighted by atomic mass is 10.0. The van der Waals surface area contributed by atoms with Crippen LogP contribution in [-0.4, -0.2) is 63.7 Å². The van der Waals surface area contributed by atoms with Crippen LogP contribution in [0, 0.1) is 0 Å². The third kappa shape index (κ3) is 4.48. The van der Waals surface area contributed by atoms with Crippen molar-refractivity contribution in [3.8, 4) is 11.1 Å². The van der Waals surface area contributed by atoms with Crippen molar-refractivity contribution in [3.05, 3.63) is 102 Å². The molecule has 0 bridgehead atoms. The number of carbonyl (C=O) groups is 2. The van der Waals surface area contributed by atoms with E-state index in [9.17, 15) is 9.59 Å². The van der Waals surface area contributed by atoms with Gasteiger partial charge in [-0.3, -0.25) is 19.5 Å². The Hall–Kier alpha value is -4.03. The highest BCUT2D eigenvalue weighted by atomic mass is 16.2. The summed E-state index contributed by atoms with van der Waals surface area (Å²) in [6.45, 7) is 3.19. The van der Waals surface area contributed by atoms with Gasteiger partial charge in [0.2, 0.25) is 11.8 Å². The number of amides is 2. The lowest BCUT2D eigenvalue weighted by Gasteiger charge is -2.46. The van der Waals surface area contributed by atoms with Crippen molar-refractivity contribution >= 4 is 22.7 Å². The minimum atomic E-state index is -0.433. The number of hydrogen-bond acceptors (Lipinski definition) is 4. The Labute approximate surface area is 210 Å². The highest BCUT2D eigenvalue weighted by Crippen LogP contribution is 2.24. The molecule has 1 atom stereocenters. The summed E-state index contributed by atoms with van der Waals surface area (Å²) in [5.41, 5.74) is 5.46. The van der Waals surface area contributed by atoms with Crippen LogP contribution in [0.1, 0.15) is 11.1 Å². The number of benzene rings is 3. The molecule has 2 saturated heterocycles. The summed E-state index contributed by atoms with van der Waals surface area (Å²) in [6, 6.07) is 28.5. The van der Waals surface area contributed by atoms with Gasteiger partial charge in [0.1, 0.15) is 12.6 Å². The third-order valence-corrected chi connectivity index (χ3v) is 7.20. The topological polar surface area (TPSA) is 56.8 Å². The fourth-order valence-electron chi connectivity index (χ4n) is 5.28. The molecule has 6 heteroatoms. The number of pyridine rings is 1. The summed E-state index contributed by atoms with van der Waals surface area (Å²) in [4.78, 5) is 36.6. The highest BCUT2D eigenvalue weighted by molar-refractivity contribution is 5.95. The summed E-state index contributed by atoms with van der Waals surface area (Å²) in [5.74, 6) is 0.0482. The second-order valence-corrected chi connectivity index (χ2v) is 9.63. The van der Waals surface area contributed by atoms with Crippen LogP contribution >= 0.6 is 0 Å². The molecule has 0 spiro atoms. The zero-order valence-corrected chi connectivity index (χ0v) is 20.1. The number of piperazine rings is 2. The lowest BCUT2D eigenvalue weighted by molar-refractivity contribution is -0.160. The molecule has 0 radical (unpaired) electrons. The molecule has 0 saturated carbocycles. The van der Waals surface area contributed by atoms with Crippen molar-refractivity contribution in [3.63, 3.8) is 0 Å². The van der Waals surface area contributed by atoms with Crippen LogP contribution in [0.25, 0.3) is 22.0 Å². The maximum Gasteiger partial charge on any atom is 0.247 e. The van der Waals surface area contributed by atoms with Gasteiger partial charge in [-0.05, 0) is 34.4 Å². The number of nitrogens with zero attached hydrogens (tertiary/aromatic N) is 4. The Balaban J connectivity index is 1.14. The molecule has 1 unspecified atom stereocenters. The normalized spacial score (nSPS) is 18.5. The van der Waals surface area contributed by atoms with Crippen LogP contribution in [-0.2, 0) is 22.7 Å². The van der Waals surface area contributed by atoms with Crippen LogP contribution < -0.4 is 0 Å². The average molecular weight is 477 g/mol. The largest absolute Gasteiger partial charge is 0.327 e. The van der Waals surface area contributed by atoms with E-state index in [2.05, 4.69) is 52.3 Å². The van der Waals surface area contributed by atoms with E-state index in [-0.39, 0.29) is 18.4 Å². The van der Waals surface area contributed by atoms with Crippen LogP contribution in [0.4, 0.5) is 0 Å². The maximum absolute atomic E-state index is 13.5. The number of carbonyl (C=O) groups excluding carboxylic acids is 2. The minimum Gasteiger partial charge on any atom is -0.327 e. The molecule has 1 aromatic heterocycles. The van der Waals surface area contributed by atoms with Gasteiger partial charge in [0, 0.05) is 44.3 Å². The van der Waals surface area contributed by atoms with Gasteiger partial charge < -0.3 is 9.80 Å². The van der Waals surface area contributed by atoms with Crippen LogP contribution in [0.2, 0.25) is 0 Å². The van der Waals surface area contributed by atoms with Gasteiger partial charge in [-0.1, -0.05) is 72.8 Å². The van der Waals surface area contributed by atoms with E-state index < -0.39 is 6.04 Å². The molecule has 0 N–H and O–H groups in total. The SMILES string of the molecule is O=C1C2CN(Cc3ccc(-c4ccccc4)cc3)CCN2C(=O)CN1Cc1cnc2ccccc2c1. The van der Waals surface area contributed by atoms with Crippen molar-refractivity contribution in [2.75, 3.05) is 26.2 Å². The second-order valence-electron chi connectivity index (χ2n) is 9.63. The average Bonchev–Trinajstić information content (AvgIpc) is 2.92. The first-order valence-corrected chi connectivity index (χ1v) is 12.4. The van der Waals surface area contributed by atoms with E-state index >= 15 is 0 Å². The molecule has 6 rings (SSSR count). The first-order valence-electron chi connectivity index (χ1n) is 12.4. The molecule has 2 aliphatic rings. The first-order chi connectivity index (χ1) is 17.6. The van der Waals surface area contributed by atoms with E-state index in [1.807, 2.05) is 42.5 Å². The van der Waals surface area contributed by atoms with Crippen LogP contribution in [0.3, 0.4) is 0 Å². The number of rotatable bonds is 5. The lowest BCUT2D eigenvalue weighted by Crippen LogP contribution is -2.66. The molecule has 4 aromatic rings. The predicted octanol–water partition coefficient (Wildman–Crippen LogP) is 3.96. The minimum absolute atomic E-state index is 0.0203. The highest BCUT2D eigenvalue weighted by Gasteiger charge is 2.42. The molecule has 3 heterocycles. The molecule has 2 fully saturated rings. The molecular formula is C30H28N4O2. The molecule has 36 heavy (non-hydrogen) atoms. The van der Waals surface area contributed by atoms with E-state index in [0.29, 0.717) is 19.6 Å². The van der Waals surface area contributed by atoms with Crippen LogP contribution in [0.5, 0.6) is 0 Å². The fraction of sp³-hybridized carbons (Fsp3) is 0.233. The van der Waals surface area contributed by atoms with Crippen molar-refractivity contribution in [2.45, 2.75) is 19.1 Å². The van der Waals surface area contributed by atoms with Gasteiger partial charge in [0.05, 0.1) is 5.52 Å². The van der Waals surface area contributed by atoms with Crippen molar-refractivity contribution in [2.24, 2.45) is 0 Å². The quantitative estimate of drug-likeness (QED) is 0.438. The van der Waals surface area contributed by atoms with E-state index in [1.54, 1.807) is 16.0 Å². The van der Waals surface area contributed by atoms with E-state index in [4.69, 9.17) is 0 Å². The molecular weight excluding hydrogens is 448 g/mol. The zero-order valence-electron chi connectivity index (χ0n) is 20.1. The molecule has 0 aliphatic carbocycles. The monoisotopic (exact) mass is 476 g/mol. The van der Waals surface area contributed by atoms with Crippen molar-refractivity contribution < 1.29 is 9.59 Å². The van der Waals surface area contributed by atoms with Crippen molar-refractivity contribution in [1.29, 1.82) is 0 Å². The second kappa shape index (κ2) is 9.55. The summed E-state index contributed by atoms with van der Waals surface area (Å²) in [6.07, 6.45) is 1.80. The Morgan fingerprint density at radius 1 is 0.778 bits per heavy atom. The Morgan fingerprint density at radius 2 is 1.53 bits per heavy atom. The molecule has 6 nitrogen and oxygen atoms in total. The summed E-state index contributed by atoms with van der Waals surface area (Å²) >= 11 is 0. The van der Waals surface area contributed by atoms with Gasteiger partial charge in [-0.25, -0.2) is 0 Å². The molecule has 3 aromatic carbocycles. The summed E-state index contributed by atoms with van der Waals surface area (Å²) < 4.78 is 0. The third-order valence-electron chi connectivity index (χ3n) is 7.20. The number of para-hydroxylation sites is 1. The fourth-order valence-corrected chi connectivity index (χ4v) is 5.28. The maximum atomic E-state index is 13.5. The molecule has 2 aliphatic heterocycles. The predicted molar refractivity (Wildman–Crippen MR) is 140 cm³/mol. The van der Waals surface area contributed by atoms with E-state index in [0.717, 1.165) is 29.6 Å². The van der Waals surface area contributed by atoms with Gasteiger partial charge in [0.15, 0.2) is 0 Å². The summed E-state index contributed by atoms with van der Waals surface area (Å²) in [5, 5.41) is 1.04. The number of hydrogen-bond donors (Lipinski definition) is 0. The summed E-state index contributed by atoms with van der Waals surface area (Å²) in [7, 11) is 0. The van der Waals surface area contributed by atoms with Crippen molar-refractivity contribution in [1.82, 2.24) is 19.7 Å². The van der Waals surface area contributed by atoms with Crippen LogP contribution in [0.15, 0.2) is 91.1 Å². The Kier molecular flexibility index (Phi) is 5.95. The van der Waals surface area contributed by atoms with Gasteiger partial charge in [-0.15, -0.1) is 0 Å². The van der Waals surface area contributed by atoms with Gasteiger partial charge >= 0.3 is 0 Å². The number of fused-ring (bicyclic) bond motifs is 2. The standard InChI is InChI=1S/C30H28N4O2/c35-29-21-33(19-23-16-26-8-4-5-9-27(26)31-17-23)30(36)28-20-32(14-15-34(28)29)18-22-10-12-25(13-11-22)24-6-2-1-3-7-24/h1-13,16-17,28H,14-15,18-21H2. The van der Waals surface area contributed by atoms with E-state index in [1.165, 1.54) is 16.7 Å². The smallest absolute Gasteiger partial charge is 0.247 e.